The fourth-order valence-corrected chi connectivity index (χ4v) is 3.20. The number of ketones is 1. The van der Waals surface area contributed by atoms with E-state index in [-0.39, 0.29) is 11.7 Å². The van der Waals surface area contributed by atoms with Gasteiger partial charge in [0.05, 0.1) is 16.9 Å². The van der Waals surface area contributed by atoms with Gasteiger partial charge in [-0.05, 0) is 55.0 Å². The van der Waals surface area contributed by atoms with Gasteiger partial charge in [-0.15, -0.1) is 0 Å². The zero-order valence-electron chi connectivity index (χ0n) is 16.6. The van der Waals surface area contributed by atoms with Gasteiger partial charge in [-0.3, -0.25) is 19.7 Å². The Morgan fingerprint density at radius 2 is 1.80 bits per heavy atom. The summed E-state index contributed by atoms with van der Waals surface area (Å²) >= 11 is 0. The molecule has 2 N–H and O–H groups in total. The number of rotatable bonds is 5. The summed E-state index contributed by atoms with van der Waals surface area (Å²) in [5.41, 5.74) is 4.99. The third kappa shape index (κ3) is 4.03. The highest BCUT2D eigenvalue weighted by molar-refractivity contribution is 6.11. The molecule has 148 valence electrons. The Kier molecular flexibility index (Phi) is 5.22. The minimum absolute atomic E-state index is 0.122. The number of amides is 1. The van der Waals surface area contributed by atoms with E-state index in [0.717, 1.165) is 27.9 Å². The van der Waals surface area contributed by atoms with Crippen molar-refractivity contribution < 1.29 is 9.59 Å². The number of aromatic amines is 1. The van der Waals surface area contributed by atoms with Gasteiger partial charge in [0, 0.05) is 35.3 Å². The van der Waals surface area contributed by atoms with Crippen LogP contribution >= 0.6 is 0 Å². The highest BCUT2D eigenvalue weighted by atomic mass is 16.1. The summed E-state index contributed by atoms with van der Waals surface area (Å²) in [5.74, 6) is -0.295. The normalized spacial score (nSPS) is 11.1. The molecule has 2 aromatic carbocycles. The van der Waals surface area contributed by atoms with Gasteiger partial charge < -0.3 is 5.32 Å². The number of nitrogens with zero attached hydrogens (tertiary/aromatic N) is 2. The number of H-pyrrole nitrogens is 1. The van der Waals surface area contributed by atoms with Gasteiger partial charge in [0.15, 0.2) is 5.78 Å². The second-order valence-corrected chi connectivity index (χ2v) is 7.00. The predicted molar refractivity (Wildman–Crippen MR) is 118 cm³/mol. The van der Waals surface area contributed by atoms with Crippen LogP contribution in [0.3, 0.4) is 0 Å². The van der Waals surface area contributed by atoms with Crippen molar-refractivity contribution >= 4 is 40.4 Å². The molecule has 2 heterocycles. The lowest BCUT2D eigenvalue weighted by molar-refractivity contribution is -0.114. The van der Waals surface area contributed by atoms with Crippen LogP contribution in [0.2, 0.25) is 0 Å². The van der Waals surface area contributed by atoms with Crippen LogP contribution in [0.1, 0.15) is 39.8 Å². The van der Waals surface area contributed by atoms with Crippen LogP contribution < -0.4 is 5.32 Å². The van der Waals surface area contributed by atoms with Crippen molar-refractivity contribution in [2.75, 3.05) is 5.32 Å². The minimum atomic E-state index is -0.173. The molecule has 0 radical (unpaired) electrons. The molecule has 6 nitrogen and oxygen atoms in total. The molecule has 0 aliphatic heterocycles. The summed E-state index contributed by atoms with van der Waals surface area (Å²) in [6, 6.07) is 16.5. The maximum atomic E-state index is 13.0. The summed E-state index contributed by atoms with van der Waals surface area (Å²) in [4.78, 5) is 28.6. The lowest BCUT2D eigenvalue weighted by Gasteiger charge is -2.09. The number of hydrogen-bond donors (Lipinski definition) is 2. The molecule has 0 fully saturated rings. The third-order valence-electron chi connectivity index (χ3n) is 4.76. The predicted octanol–water partition coefficient (Wildman–Crippen LogP) is 4.63. The molecule has 0 spiro atoms. The van der Waals surface area contributed by atoms with Crippen molar-refractivity contribution in [3.63, 3.8) is 0 Å². The minimum Gasteiger partial charge on any atom is -0.326 e. The molecule has 30 heavy (non-hydrogen) atoms. The van der Waals surface area contributed by atoms with E-state index in [1.165, 1.54) is 6.92 Å². The van der Waals surface area contributed by atoms with Gasteiger partial charge in [-0.2, -0.15) is 5.10 Å². The first-order valence-corrected chi connectivity index (χ1v) is 9.51. The van der Waals surface area contributed by atoms with Crippen LogP contribution in [0, 0.1) is 6.92 Å². The first-order chi connectivity index (χ1) is 14.5. The van der Waals surface area contributed by atoms with Crippen LogP contribution in [0.25, 0.3) is 23.1 Å². The SMILES string of the molecule is CC(=O)Nc1cc(C(=O)c2ccc3c(C=Cc4ccccn4)n[nH]c3c2)ccc1C. The van der Waals surface area contributed by atoms with Crippen molar-refractivity contribution in [1.82, 2.24) is 15.2 Å². The van der Waals surface area contributed by atoms with Gasteiger partial charge in [-0.1, -0.05) is 24.3 Å². The molecular weight excluding hydrogens is 376 g/mol. The lowest BCUT2D eigenvalue weighted by Crippen LogP contribution is -2.09. The number of anilines is 1. The number of benzene rings is 2. The molecule has 4 aromatic rings. The number of aromatic nitrogens is 3. The topological polar surface area (TPSA) is 87.7 Å². The molecule has 0 aliphatic carbocycles. The summed E-state index contributed by atoms with van der Waals surface area (Å²) in [6.45, 7) is 3.33. The molecule has 6 heteroatoms. The maximum absolute atomic E-state index is 13.0. The van der Waals surface area contributed by atoms with Crippen molar-refractivity contribution in [2.24, 2.45) is 0 Å². The van der Waals surface area contributed by atoms with Crippen LogP contribution in [0.15, 0.2) is 60.8 Å². The zero-order valence-corrected chi connectivity index (χ0v) is 16.6. The van der Waals surface area contributed by atoms with Crippen LogP contribution in [0.4, 0.5) is 5.69 Å². The number of pyridine rings is 1. The van der Waals surface area contributed by atoms with Crippen molar-refractivity contribution in [3.05, 3.63) is 88.9 Å². The van der Waals surface area contributed by atoms with E-state index >= 15 is 0 Å². The van der Waals surface area contributed by atoms with E-state index in [4.69, 9.17) is 0 Å². The molecule has 0 bridgehead atoms. The van der Waals surface area contributed by atoms with Crippen molar-refractivity contribution in [3.8, 4) is 0 Å². The Morgan fingerprint density at radius 1 is 1.00 bits per heavy atom. The highest BCUT2D eigenvalue weighted by Gasteiger charge is 2.13. The van der Waals surface area contributed by atoms with E-state index in [1.54, 1.807) is 30.5 Å². The average molecular weight is 396 g/mol. The van der Waals surface area contributed by atoms with Gasteiger partial charge in [0.2, 0.25) is 5.91 Å². The smallest absolute Gasteiger partial charge is 0.221 e. The monoisotopic (exact) mass is 396 g/mol. The number of nitrogens with one attached hydrogen (secondary N) is 2. The van der Waals surface area contributed by atoms with E-state index in [2.05, 4.69) is 20.5 Å². The second-order valence-electron chi connectivity index (χ2n) is 7.00. The molecule has 0 saturated carbocycles. The Bertz CT molecular complexity index is 1270. The van der Waals surface area contributed by atoms with E-state index in [9.17, 15) is 9.59 Å². The van der Waals surface area contributed by atoms with E-state index in [1.807, 2.05) is 49.4 Å². The van der Waals surface area contributed by atoms with E-state index in [0.29, 0.717) is 16.8 Å². The second kappa shape index (κ2) is 8.13. The van der Waals surface area contributed by atoms with Gasteiger partial charge in [-0.25, -0.2) is 0 Å². The summed E-state index contributed by atoms with van der Waals surface area (Å²) in [5, 5.41) is 11.0. The maximum Gasteiger partial charge on any atom is 0.221 e. The molecule has 2 aromatic heterocycles. The molecule has 1 amide bonds. The molecular formula is C24H20N4O2. The summed E-state index contributed by atoms with van der Waals surface area (Å²) < 4.78 is 0. The van der Waals surface area contributed by atoms with Crippen molar-refractivity contribution in [1.29, 1.82) is 0 Å². The van der Waals surface area contributed by atoms with Crippen LogP contribution in [0.5, 0.6) is 0 Å². The summed E-state index contributed by atoms with van der Waals surface area (Å²) in [6.07, 6.45) is 5.52. The van der Waals surface area contributed by atoms with Gasteiger partial charge in [0.1, 0.15) is 0 Å². The number of hydrogen-bond acceptors (Lipinski definition) is 4. The molecule has 0 aliphatic rings. The number of carbonyl (C=O) groups is 2. The lowest BCUT2D eigenvalue weighted by atomic mass is 10.00. The highest BCUT2D eigenvalue weighted by Crippen LogP contribution is 2.23. The zero-order chi connectivity index (χ0) is 21.1. The Morgan fingerprint density at radius 3 is 2.57 bits per heavy atom. The molecule has 4 rings (SSSR count). The van der Waals surface area contributed by atoms with E-state index < -0.39 is 0 Å². The average Bonchev–Trinajstić information content (AvgIpc) is 3.16. The largest absolute Gasteiger partial charge is 0.326 e. The number of carbonyl (C=O) groups excluding carboxylic acids is 2. The van der Waals surface area contributed by atoms with Crippen LogP contribution in [-0.2, 0) is 4.79 Å². The Labute approximate surface area is 173 Å². The standard InChI is InChI=1S/C24H20N4O2/c1-15-6-7-17(13-22(15)26-16(2)29)24(30)18-8-10-20-21(27-28-23(20)14-18)11-9-19-5-3-4-12-25-19/h3-14H,1-2H3,(H,26,29)(H,27,28). The Balaban J connectivity index is 1.62. The summed E-state index contributed by atoms with van der Waals surface area (Å²) in [7, 11) is 0. The number of aryl methyl sites for hydroxylation is 1. The van der Waals surface area contributed by atoms with Gasteiger partial charge >= 0.3 is 0 Å². The molecule has 0 unspecified atom stereocenters. The first-order valence-electron chi connectivity index (χ1n) is 9.51. The molecule has 0 atom stereocenters. The van der Waals surface area contributed by atoms with Crippen LogP contribution in [-0.4, -0.2) is 26.9 Å². The fraction of sp³-hybridized carbons (Fsp3) is 0.0833. The molecule has 0 saturated heterocycles. The Hall–Kier alpha value is -4.06. The fourth-order valence-electron chi connectivity index (χ4n) is 3.20. The van der Waals surface area contributed by atoms with Crippen molar-refractivity contribution in [2.45, 2.75) is 13.8 Å². The quantitative estimate of drug-likeness (QED) is 0.482. The number of fused-ring (bicyclic) bond motifs is 1. The third-order valence-corrected chi connectivity index (χ3v) is 4.76. The van der Waals surface area contributed by atoms with Gasteiger partial charge in [0.25, 0.3) is 0 Å². The first kappa shape index (κ1) is 19.3.